The van der Waals surface area contributed by atoms with Crippen molar-refractivity contribution in [3.8, 4) is 17.6 Å². The smallest absolute Gasteiger partial charge is 0.242 e. The quantitative estimate of drug-likeness (QED) is 0.833. The van der Waals surface area contributed by atoms with E-state index in [2.05, 4.69) is 11.8 Å². The van der Waals surface area contributed by atoms with E-state index in [1.807, 2.05) is 13.8 Å². The van der Waals surface area contributed by atoms with Crippen molar-refractivity contribution in [1.82, 2.24) is 4.31 Å². The number of ether oxygens (including phenoxy) is 1. The van der Waals surface area contributed by atoms with Gasteiger partial charge in [0.05, 0.1) is 17.6 Å². The molecule has 0 aliphatic carbocycles. The van der Waals surface area contributed by atoms with Gasteiger partial charge in [0.15, 0.2) is 0 Å². The highest BCUT2D eigenvalue weighted by Crippen LogP contribution is 2.23. The molecule has 0 heterocycles. The zero-order chi connectivity index (χ0) is 16.0. The summed E-state index contributed by atoms with van der Waals surface area (Å²) >= 11 is 0. The van der Waals surface area contributed by atoms with Crippen LogP contribution >= 0.6 is 0 Å². The van der Waals surface area contributed by atoms with Crippen molar-refractivity contribution in [1.29, 1.82) is 0 Å². The second-order valence-corrected chi connectivity index (χ2v) is 7.05. The van der Waals surface area contributed by atoms with Crippen molar-refractivity contribution in [2.24, 2.45) is 5.92 Å². The lowest BCUT2D eigenvalue weighted by molar-refractivity contribution is 0.350. The Balaban J connectivity index is 3.25. The van der Waals surface area contributed by atoms with Crippen LogP contribution in [0.1, 0.15) is 19.4 Å². The second-order valence-electron chi connectivity index (χ2n) is 5.00. The van der Waals surface area contributed by atoms with Gasteiger partial charge in [-0.05, 0) is 24.1 Å². The predicted molar refractivity (Wildman–Crippen MR) is 81.6 cm³/mol. The first-order valence-electron chi connectivity index (χ1n) is 6.57. The summed E-state index contributed by atoms with van der Waals surface area (Å²) in [5, 5.41) is 8.77. The maximum absolute atomic E-state index is 12.5. The van der Waals surface area contributed by atoms with Gasteiger partial charge in [-0.15, -0.1) is 0 Å². The molecule has 0 aliphatic heterocycles. The van der Waals surface area contributed by atoms with E-state index in [0.717, 1.165) is 0 Å². The van der Waals surface area contributed by atoms with Crippen molar-refractivity contribution in [2.45, 2.75) is 18.7 Å². The number of nitrogens with zero attached hydrogens (tertiary/aromatic N) is 1. The highest BCUT2D eigenvalue weighted by Gasteiger charge is 2.22. The summed E-state index contributed by atoms with van der Waals surface area (Å²) in [4.78, 5) is 0.161. The summed E-state index contributed by atoms with van der Waals surface area (Å²) in [5.41, 5.74) is 0.436. The van der Waals surface area contributed by atoms with Gasteiger partial charge < -0.3 is 9.84 Å². The van der Waals surface area contributed by atoms with Crippen LogP contribution in [-0.2, 0) is 10.0 Å². The number of aliphatic hydroxyl groups excluding tert-OH is 1. The average Bonchev–Trinajstić information content (AvgIpc) is 2.43. The lowest BCUT2D eigenvalue weighted by Crippen LogP contribution is -2.30. The number of methoxy groups -OCH3 is 1. The Morgan fingerprint density at radius 1 is 1.38 bits per heavy atom. The minimum Gasteiger partial charge on any atom is -0.495 e. The van der Waals surface area contributed by atoms with E-state index in [0.29, 0.717) is 17.9 Å². The van der Waals surface area contributed by atoms with Gasteiger partial charge in [-0.25, -0.2) is 12.7 Å². The number of benzene rings is 1. The molecule has 1 aromatic rings. The molecule has 0 saturated carbocycles. The lowest BCUT2D eigenvalue weighted by atomic mass is 10.2. The lowest BCUT2D eigenvalue weighted by Gasteiger charge is -2.19. The van der Waals surface area contributed by atoms with Crippen LogP contribution in [0.15, 0.2) is 23.1 Å². The summed E-state index contributed by atoms with van der Waals surface area (Å²) in [6, 6.07) is 4.53. The van der Waals surface area contributed by atoms with Crippen LogP contribution in [-0.4, -0.2) is 45.1 Å². The molecule has 0 unspecified atom stereocenters. The number of sulfonamides is 1. The molecule has 0 amide bonds. The van der Waals surface area contributed by atoms with Gasteiger partial charge >= 0.3 is 0 Å². The van der Waals surface area contributed by atoms with Crippen LogP contribution in [0.5, 0.6) is 5.75 Å². The first-order valence-corrected chi connectivity index (χ1v) is 8.01. The molecule has 5 nitrogen and oxygen atoms in total. The van der Waals surface area contributed by atoms with Gasteiger partial charge in [-0.3, -0.25) is 0 Å². The molecule has 6 heteroatoms. The zero-order valence-corrected chi connectivity index (χ0v) is 13.6. The van der Waals surface area contributed by atoms with E-state index in [4.69, 9.17) is 9.84 Å². The highest BCUT2D eigenvalue weighted by atomic mass is 32.2. The molecular formula is C15H21NO4S. The third-order valence-corrected chi connectivity index (χ3v) is 4.62. The maximum Gasteiger partial charge on any atom is 0.242 e. The third kappa shape index (κ3) is 4.46. The van der Waals surface area contributed by atoms with Crippen LogP contribution in [0.4, 0.5) is 0 Å². The van der Waals surface area contributed by atoms with Crippen LogP contribution in [0, 0.1) is 17.8 Å². The second kappa shape index (κ2) is 7.46. The molecule has 0 radical (unpaired) electrons. The number of hydrogen-bond donors (Lipinski definition) is 1. The maximum atomic E-state index is 12.5. The fourth-order valence-corrected chi connectivity index (χ4v) is 3.23. The topological polar surface area (TPSA) is 66.8 Å². The molecular weight excluding hydrogens is 290 g/mol. The number of rotatable bonds is 5. The van der Waals surface area contributed by atoms with Gasteiger partial charge in [-0.1, -0.05) is 25.7 Å². The van der Waals surface area contributed by atoms with E-state index < -0.39 is 10.0 Å². The monoisotopic (exact) mass is 311 g/mol. The summed E-state index contributed by atoms with van der Waals surface area (Å²) in [7, 11) is -0.520. The van der Waals surface area contributed by atoms with Crippen molar-refractivity contribution < 1.29 is 18.3 Å². The van der Waals surface area contributed by atoms with Crippen molar-refractivity contribution >= 4 is 10.0 Å². The van der Waals surface area contributed by atoms with E-state index in [1.54, 1.807) is 13.1 Å². The van der Waals surface area contributed by atoms with Gasteiger partial charge in [0.25, 0.3) is 0 Å². The molecule has 0 bridgehead atoms. The minimum atomic E-state index is -3.56. The van der Waals surface area contributed by atoms with Crippen LogP contribution in [0.2, 0.25) is 0 Å². The van der Waals surface area contributed by atoms with Crippen LogP contribution in [0.25, 0.3) is 0 Å². The summed E-state index contributed by atoms with van der Waals surface area (Å²) in [5.74, 6) is 5.90. The summed E-state index contributed by atoms with van der Waals surface area (Å²) in [6.07, 6.45) is 0. The highest BCUT2D eigenvalue weighted by molar-refractivity contribution is 7.89. The van der Waals surface area contributed by atoms with E-state index >= 15 is 0 Å². The Hall–Kier alpha value is -1.55. The fourth-order valence-electron chi connectivity index (χ4n) is 1.87. The van der Waals surface area contributed by atoms with Gasteiger partial charge in [0, 0.05) is 13.6 Å². The Morgan fingerprint density at radius 2 is 2.05 bits per heavy atom. The fraction of sp³-hybridized carbons (Fsp3) is 0.467. The normalized spacial score (nSPS) is 11.4. The molecule has 0 aliphatic rings. The SMILES string of the molecule is COc1ccc(S(=O)(=O)N(C)CC(C)C)cc1C#CCO. The zero-order valence-electron chi connectivity index (χ0n) is 12.8. The van der Waals surface area contributed by atoms with Crippen LogP contribution < -0.4 is 4.74 Å². The Bertz CT molecular complexity index is 641. The molecule has 0 aromatic heterocycles. The average molecular weight is 311 g/mol. The van der Waals surface area contributed by atoms with E-state index in [9.17, 15) is 8.42 Å². The number of hydrogen-bond acceptors (Lipinski definition) is 4. The molecule has 116 valence electrons. The molecule has 0 spiro atoms. The van der Waals surface area contributed by atoms with Crippen molar-refractivity contribution in [2.75, 3.05) is 27.3 Å². The van der Waals surface area contributed by atoms with E-state index in [1.165, 1.54) is 23.5 Å². The van der Waals surface area contributed by atoms with Crippen molar-refractivity contribution in [3.63, 3.8) is 0 Å². The molecule has 1 rings (SSSR count). The Kier molecular flexibility index (Phi) is 6.21. The Morgan fingerprint density at radius 3 is 2.57 bits per heavy atom. The van der Waals surface area contributed by atoms with Crippen LogP contribution in [0.3, 0.4) is 0 Å². The molecule has 1 aromatic carbocycles. The largest absolute Gasteiger partial charge is 0.495 e. The standard InChI is InChI=1S/C15H21NO4S/c1-12(2)11-16(3)21(18,19)14-7-8-15(20-4)13(10-14)6-5-9-17/h7-8,10,12,17H,9,11H2,1-4H3. The Labute approximate surface area is 126 Å². The summed E-state index contributed by atoms with van der Waals surface area (Å²) < 4.78 is 31.4. The van der Waals surface area contributed by atoms with Crippen molar-refractivity contribution in [3.05, 3.63) is 23.8 Å². The van der Waals surface area contributed by atoms with Gasteiger partial charge in [0.2, 0.25) is 10.0 Å². The minimum absolute atomic E-state index is 0.161. The molecule has 21 heavy (non-hydrogen) atoms. The molecule has 1 N–H and O–H groups in total. The molecule has 0 saturated heterocycles. The first-order chi connectivity index (χ1) is 9.82. The van der Waals surface area contributed by atoms with E-state index in [-0.39, 0.29) is 17.4 Å². The van der Waals surface area contributed by atoms with Gasteiger partial charge in [-0.2, -0.15) is 0 Å². The molecule has 0 atom stereocenters. The van der Waals surface area contributed by atoms with Gasteiger partial charge in [0.1, 0.15) is 12.4 Å². The number of aliphatic hydroxyl groups is 1. The first kappa shape index (κ1) is 17.5. The third-order valence-electron chi connectivity index (χ3n) is 2.80. The summed E-state index contributed by atoms with van der Waals surface area (Å²) in [6.45, 7) is 4.05. The molecule has 0 fully saturated rings. The predicted octanol–water partition coefficient (Wildman–Crippen LogP) is 1.32.